The van der Waals surface area contributed by atoms with Crippen LogP contribution in [0.2, 0.25) is 0 Å². The molecule has 1 aromatic rings. The second kappa shape index (κ2) is 4.55. The van der Waals surface area contributed by atoms with Gasteiger partial charge in [-0.05, 0) is 25.7 Å². The Labute approximate surface area is 94.3 Å². The van der Waals surface area contributed by atoms with Gasteiger partial charge in [-0.2, -0.15) is 5.10 Å². The molecule has 1 saturated carbocycles. The minimum absolute atomic E-state index is 0.357. The van der Waals surface area contributed by atoms with Gasteiger partial charge < -0.3 is 9.47 Å². The van der Waals surface area contributed by atoms with Crippen LogP contribution in [0.3, 0.4) is 0 Å². The second-order valence-electron chi connectivity index (χ2n) is 3.91. The van der Waals surface area contributed by atoms with E-state index in [1.165, 1.54) is 19.0 Å². The zero-order valence-corrected chi connectivity index (χ0v) is 9.60. The number of aromatic nitrogens is 2. The Balaban J connectivity index is 2.17. The Morgan fingerprint density at radius 1 is 1.62 bits per heavy atom. The molecular weight excluding hydrogens is 208 g/mol. The highest BCUT2D eigenvalue weighted by Crippen LogP contribution is 2.32. The molecule has 1 aliphatic rings. The third-order valence-corrected chi connectivity index (χ3v) is 2.61. The number of nitrogens with zero attached hydrogens (tertiary/aromatic N) is 2. The van der Waals surface area contributed by atoms with Crippen molar-refractivity contribution in [3.8, 4) is 5.88 Å². The van der Waals surface area contributed by atoms with Crippen molar-refractivity contribution in [1.29, 1.82) is 0 Å². The van der Waals surface area contributed by atoms with Crippen molar-refractivity contribution in [3.63, 3.8) is 0 Å². The Hall–Kier alpha value is -1.52. The number of rotatable bonds is 5. The lowest BCUT2D eigenvalue weighted by atomic mass is 10.3. The molecule has 1 aliphatic carbocycles. The van der Waals surface area contributed by atoms with Gasteiger partial charge in [-0.15, -0.1) is 0 Å². The Kier molecular flexibility index (Phi) is 3.12. The predicted octanol–water partition coefficient (Wildman–Crippen LogP) is 1.48. The molecule has 0 spiro atoms. The molecule has 1 fully saturated rings. The van der Waals surface area contributed by atoms with Crippen molar-refractivity contribution >= 4 is 5.97 Å². The summed E-state index contributed by atoms with van der Waals surface area (Å²) in [7, 11) is 1.54. The van der Waals surface area contributed by atoms with Gasteiger partial charge in [0.15, 0.2) is 0 Å². The number of hydrogen-bond acceptors (Lipinski definition) is 4. The lowest BCUT2D eigenvalue weighted by molar-refractivity contribution is 0.0522. The van der Waals surface area contributed by atoms with Crippen LogP contribution < -0.4 is 4.74 Å². The van der Waals surface area contributed by atoms with Crippen LogP contribution in [0.1, 0.15) is 30.1 Å². The molecule has 0 atom stereocenters. The number of carbonyl (C=O) groups excluding carboxylic acids is 1. The third-order valence-electron chi connectivity index (χ3n) is 2.61. The molecule has 0 N–H and O–H groups in total. The SMILES string of the molecule is CCOC(=O)c1cnn(CC2CC2)c1OC. The number of ether oxygens (including phenoxy) is 2. The fraction of sp³-hybridized carbons (Fsp3) is 0.636. The fourth-order valence-electron chi connectivity index (χ4n) is 1.61. The maximum absolute atomic E-state index is 11.6. The second-order valence-corrected chi connectivity index (χ2v) is 3.91. The standard InChI is InChI=1S/C11H16N2O3/c1-3-16-11(14)9-6-12-13(10(9)15-2)7-8-4-5-8/h6,8H,3-5,7H2,1-2H3. The molecule has 16 heavy (non-hydrogen) atoms. The average Bonchev–Trinajstić information content (AvgIpc) is 2.97. The van der Waals surface area contributed by atoms with E-state index in [2.05, 4.69) is 5.10 Å². The van der Waals surface area contributed by atoms with Gasteiger partial charge in [-0.3, -0.25) is 0 Å². The van der Waals surface area contributed by atoms with Crippen molar-refractivity contribution in [3.05, 3.63) is 11.8 Å². The first kappa shape index (κ1) is 11.0. The minimum atomic E-state index is -0.374. The van der Waals surface area contributed by atoms with E-state index < -0.39 is 0 Å². The Bertz CT molecular complexity index is 383. The summed E-state index contributed by atoms with van der Waals surface area (Å²) in [5, 5.41) is 4.16. The van der Waals surface area contributed by atoms with Gasteiger partial charge in [0.2, 0.25) is 5.88 Å². The lowest BCUT2D eigenvalue weighted by Gasteiger charge is -2.06. The maximum Gasteiger partial charge on any atom is 0.345 e. The average molecular weight is 224 g/mol. The van der Waals surface area contributed by atoms with Gasteiger partial charge in [0.05, 0.1) is 19.9 Å². The van der Waals surface area contributed by atoms with Gasteiger partial charge in [0.1, 0.15) is 5.56 Å². The van der Waals surface area contributed by atoms with Gasteiger partial charge in [0, 0.05) is 6.54 Å². The molecule has 2 rings (SSSR count). The van der Waals surface area contributed by atoms with E-state index >= 15 is 0 Å². The molecule has 1 heterocycles. The summed E-state index contributed by atoms with van der Waals surface area (Å²) in [6.45, 7) is 2.96. The predicted molar refractivity (Wildman–Crippen MR) is 57.5 cm³/mol. The molecule has 0 amide bonds. The summed E-state index contributed by atoms with van der Waals surface area (Å²) in [4.78, 5) is 11.6. The zero-order valence-electron chi connectivity index (χ0n) is 9.60. The highest BCUT2D eigenvalue weighted by atomic mass is 16.5. The van der Waals surface area contributed by atoms with E-state index in [1.807, 2.05) is 0 Å². The number of esters is 1. The first-order valence-electron chi connectivity index (χ1n) is 5.53. The summed E-state index contributed by atoms with van der Waals surface area (Å²) in [5.41, 5.74) is 0.407. The van der Waals surface area contributed by atoms with Gasteiger partial charge in [0.25, 0.3) is 0 Å². The van der Waals surface area contributed by atoms with Crippen molar-refractivity contribution in [2.75, 3.05) is 13.7 Å². The number of carbonyl (C=O) groups is 1. The minimum Gasteiger partial charge on any atom is -0.481 e. The highest BCUT2D eigenvalue weighted by Gasteiger charge is 2.26. The molecule has 0 radical (unpaired) electrons. The molecule has 0 aromatic carbocycles. The van der Waals surface area contributed by atoms with Crippen LogP contribution >= 0.6 is 0 Å². The summed E-state index contributed by atoms with van der Waals surface area (Å²) in [6, 6.07) is 0. The van der Waals surface area contributed by atoms with E-state index in [-0.39, 0.29) is 5.97 Å². The molecule has 5 nitrogen and oxygen atoms in total. The number of hydrogen-bond donors (Lipinski definition) is 0. The van der Waals surface area contributed by atoms with Crippen molar-refractivity contribution in [2.45, 2.75) is 26.3 Å². The lowest BCUT2D eigenvalue weighted by Crippen LogP contribution is -2.08. The Morgan fingerprint density at radius 3 is 2.94 bits per heavy atom. The third kappa shape index (κ3) is 2.18. The quantitative estimate of drug-likeness (QED) is 0.711. The van der Waals surface area contributed by atoms with E-state index in [9.17, 15) is 4.79 Å². The maximum atomic E-state index is 11.6. The summed E-state index contributed by atoms with van der Waals surface area (Å²) in [5.74, 6) is 0.815. The van der Waals surface area contributed by atoms with Crippen molar-refractivity contribution < 1.29 is 14.3 Å². The first-order chi connectivity index (χ1) is 7.76. The monoisotopic (exact) mass is 224 g/mol. The van der Waals surface area contributed by atoms with Crippen LogP contribution in [0.25, 0.3) is 0 Å². The van der Waals surface area contributed by atoms with E-state index in [0.717, 1.165) is 6.54 Å². The largest absolute Gasteiger partial charge is 0.481 e. The molecule has 1 aromatic heterocycles. The van der Waals surface area contributed by atoms with Crippen LogP contribution in [0.15, 0.2) is 6.20 Å². The van der Waals surface area contributed by atoms with Crippen molar-refractivity contribution in [2.24, 2.45) is 5.92 Å². The van der Waals surface area contributed by atoms with Crippen LogP contribution in [-0.4, -0.2) is 29.5 Å². The van der Waals surface area contributed by atoms with Crippen LogP contribution in [0, 0.1) is 5.92 Å². The topological polar surface area (TPSA) is 53.3 Å². The molecular formula is C11H16N2O3. The highest BCUT2D eigenvalue weighted by molar-refractivity contribution is 5.91. The van der Waals surface area contributed by atoms with Crippen LogP contribution in [0.5, 0.6) is 5.88 Å². The van der Waals surface area contributed by atoms with Gasteiger partial charge in [-0.1, -0.05) is 0 Å². The zero-order chi connectivity index (χ0) is 11.5. The molecule has 5 heteroatoms. The first-order valence-corrected chi connectivity index (χ1v) is 5.53. The smallest absolute Gasteiger partial charge is 0.345 e. The summed E-state index contributed by atoms with van der Waals surface area (Å²) >= 11 is 0. The summed E-state index contributed by atoms with van der Waals surface area (Å²) < 4.78 is 11.9. The Morgan fingerprint density at radius 2 is 2.38 bits per heavy atom. The normalized spacial score (nSPS) is 14.9. The van der Waals surface area contributed by atoms with Gasteiger partial charge >= 0.3 is 5.97 Å². The van der Waals surface area contributed by atoms with Crippen LogP contribution in [0.4, 0.5) is 0 Å². The van der Waals surface area contributed by atoms with Crippen LogP contribution in [-0.2, 0) is 11.3 Å². The molecule has 0 bridgehead atoms. The van der Waals surface area contributed by atoms with E-state index in [0.29, 0.717) is 24.0 Å². The van der Waals surface area contributed by atoms with Crippen molar-refractivity contribution in [1.82, 2.24) is 9.78 Å². The fourth-order valence-corrected chi connectivity index (χ4v) is 1.61. The molecule has 0 saturated heterocycles. The van der Waals surface area contributed by atoms with E-state index in [1.54, 1.807) is 18.7 Å². The molecule has 88 valence electrons. The summed E-state index contributed by atoms with van der Waals surface area (Å²) in [6.07, 6.45) is 3.98. The molecule has 0 unspecified atom stereocenters. The number of methoxy groups -OCH3 is 1. The van der Waals surface area contributed by atoms with Gasteiger partial charge in [-0.25, -0.2) is 9.48 Å². The van der Waals surface area contributed by atoms with E-state index in [4.69, 9.17) is 9.47 Å². The molecule has 0 aliphatic heterocycles.